The molecule has 2 saturated heterocycles. The highest BCUT2D eigenvalue weighted by Crippen LogP contribution is 2.62. The van der Waals surface area contributed by atoms with Crippen LogP contribution in [0.15, 0.2) is 0 Å². The fraction of sp³-hybridized carbons (Fsp3) is 0.917. The summed E-state index contributed by atoms with van der Waals surface area (Å²) in [4.78, 5) is 14.2. The van der Waals surface area contributed by atoms with Gasteiger partial charge in [0.25, 0.3) is 0 Å². The van der Waals surface area contributed by atoms with Crippen LogP contribution >= 0.6 is 12.4 Å². The molecule has 2 aliphatic heterocycles. The van der Waals surface area contributed by atoms with Crippen LogP contribution in [0.2, 0.25) is 0 Å². The molecular formula is C12H21ClN2O. The van der Waals surface area contributed by atoms with Gasteiger partial charge < -0.3 is 10.2 Å². The van der Waals surface area contributed by atoms with E-state index in [1.807, 2.05) is 0 Å². The lowest BCUT2D eigenvalue weighted by molar-refractivity contribution is -0.134. The lowest BCUT2D eigenvalue weighted by atomic mass is 10.0. The summed E-state index contributed by atoms with van der Waals surface area (Å²) in [7, 11) is 0. The Balaban J connectivity index is 0.000000963. The second kappa shape index (κ2) is 3.88. The number of hydrogen-bond acceptors (Lipinski definition) is 2. The van der Waals surface area contributed by atoms with Crippen LogP contribution in [0.25, 0.3) is 0 Å². The third-order valence-corrected chi connectivity index (χ3v) is 4.84. The summed E-state index contributed by atoms with van der Waals surface area (Å²) in [5.41, 5.74) is 0.519. The van der Waals surface area contributed by atoms with Crippen molar-refractivity contribution in [3.05, 3.63) is 0 Å². The van der Waals surface area contributed by atoms with E-state index >= 15 is 0 Å². The maximum Gasteiger partial charge on any atom is 0.227 e. The number of piperidine rings is 1. The Bertz CT molecular complexity index is 285. The van der Waals surface area contributed by atoms with Crippen molar-refractivity contribution in [3.63, 3.8) is 0 Å². The summed E-state index contributed by atoms with van der Waals surface area (Å²) >= 11 is 0. The summed E-state index contributed by atoms with van der Waals surface area (Å²) in [6.45, 7) is 8.62. The van der Waals surface area contributed by atoms with Crippen molar-refractivity contribution in [2.45, 2.75) is 20.3 Å². The summed E-state index contributed by atoms with van der Waals surface area (Å²) in [6, 6.07) is 0. The number of hydrogen-bond donors (Lipinski definition) is 1. The van der Waals surface area contributed by atoms with Crippen LogP contribution in [-0.4, -0.2) is 37.0 Å². The summed E-state index contributed by atoms with van der Waals surface area (Å²) in [6.07, 6.45) is 1.04. The number of halogens is 1. The van der Waals surface area contributed by atoms with Crippen molar-refractivity contribution in [1.29, 1.82) is 0 Å². The molecule has 3 nitrogen and oxygen atoms in total. The third kappa shape index (κ3) is 1.65. The van der Waals surface area contributed by atoms with Gasteiger partial charge in [-0.05, 0) is 30.2 Å². The summed E-state index contributed by atoms with van der Waals surface area (Å²) in [5.74, 6) is 2.25. The van der Waals surface area contributed by atoms with E-state index in [4.69, 9.17) is 0 Å². The van der Waals surface area contributed by atoms with Crippen LogP contribution in [0, 0.1) is 23.2 Å². The van der Waals surface area contributed by atoms with E-state index in [9.17, 15) is 4.79 Å². The Labute approximate surface area is 103 Å². The van der Waals surface area contributed by atoms with E-state index in [0.29, 0.717) is 11.3 Å². The van der Waals surface area contributed by atoms with Crippen molar-refractivity contribution in [1.82, 2.24) is 10.2 Å². The Kier molecular flexibility index (Phi) is 2.96. The van der Waals surface area contributed by atoms with Gasteiger partial charge in [0.1, 0.15) is 0 Å². The largest absolute Gasteiger partial charge is 0.342 e. The zero-order valence-corrected chi connectivity index (χ0v) is 10.8. The molecule has 1 N–H and O–H groups in total. The molecule has 92 valence electrons. The molecule has 0 aromatic heterocycles. The minimum absolute atomic E-state index is 0. The molecule has 1 amide bonds. The first-order valence-corrected chi connectivity index (χ1v) is 6.10. The van der Waals surface area contributed by atoms with E-state index in [1.54, 1.807) is 0 Å². The average molecular weight is 245 g/mol. The van der Waals surface area contributed by atoms with Gasteiger partial charge in [0.15, 0.2) is 0 Å². The number of carbonyl (C=O) groups is 1. The first kappa shape index (κ1) is 12.2. The van der Waals surface area contributed by atoms with Crippen LogP contribution < -0.4 is 5.32 Å². The molecule has 3 aliphatic rings. The molecule has 2 unspecified atom stereocenters. The SMILES string of the molecule is CC1(C)C2CN(C(=O)[C@@H]3CCNC3)CC21.Cl. The van der Waals surface area contributed by atoms with Gasteiger partial charge >= 0.3 is 0 Å². The van der Waals surface area contributed by atoms with Crippen molar-refractivity contribution in [3.8, 4) is 0 Å². The van der Waals surface area contributed by atoms with Crippen LogP contribution in [0.5, 0.6) is 0 Å². The Hall–Kier alpha value is -0.280. The molecule has 4 heteroatoms. The summed E-state index contributed by atoms with van der Waals surface area (Å²) < 4.78 is 0. The van der Waals surface area contributed by atoms with E-state index in [-0.39, 0.29) is 18.3 Å². The molecule has 1 aliphatic carbocycles. The molecule has 3 atom stereocenters. The molecular weight excluding hydrogens is 224 g/mol. The second-order valence-corrected chi connectivity index (χ2v) is 5.97. The lowest BCUT2D eigenvalue weighted by Crippen LogP contribution is -2.38. The zero-order chi connectivity index (χ0) is 10.6. The van der Waals surface area contributed by atoms with E-state index in [2.05, 4.69) is 24.1 Å². The molecule has 0 spiro atoms. The highest BCUT2D eigenvalue weighted by Gasteiger charge is 2.62. The number of nitrogens with zero attached hydrogens (tertiary/aromatic N) is 1. The van der Waals surface area contributed by atoms with Crippen molar-refractivity contribution < 1.29 is 4.79 Å². The van der Waals surface area contributed by atoms with Crippen LogP contribution in [0.3, 0.4) is 0 Å². The minimum Gasteiger partial charge on any atom is -0.342 e. The van der Waals surface area contributed by atoms with Crippen molar-refractivity contribution >= 4 is 18.3 Å². The molecule has 0 bridgehead atoms. The van der Waals surface area contributed by atoms with Gasteiger partial charge in [-0.2, -0.15) is 0 Å². The Morgan fingerprint density at radius 3 is 2.44 bits per heavy atom. The molecule has 0 radical (unpaired) electrons. The second-order valence-electron chi connectivity index (χ2n) is 5.97. The van der Waals surface area contributed by atoms with Crippen LogP contribution in [0.4, 0.5) is 0 Å². The first-order valence-electron chi connectivity index (χ1n) is 6.10. The van der Waals surface area contributed by atoms with Crippen LogP contribution in [-0.2, 0) is 4.79 Å². The highest BCUT2D eigenvalue weighted by molar-refractivity contribution is 5.85. The number of carbonyl (C=O) groups excluding carboxylic acids is 1. The van der Waals surface area contributed by atoms with Crippen molar-refractivity contribution in [2.75, 3.05) is 26.2 Å². The van der Waals surface area contributed by atoms with Gasteiger partial charge in [0.05, 0.1) is 5.92 Å². The molecule has 3 fully saturated rings. The van der Waals surface area contributed by atoms with E-state index in [0.717, 1.165) is 44.4 Å². The molecule has 2 heterocycles. The number of rotatable bonds is 1. The van der Waals surface area contributed by atoms with Gasteiger partial charge in [-0.3, -0.25) is 4.79 Å². The maximum absolute atomic E-state index is 12.1. The minimum atomic E-state index is 0. The van der Waals surface area contributed by atoms with Gasteiger partial charge in [-0.15, -0.1) is 12.4 Å². The number of amides is 1. The molecule has 3 rings (SSSR count). The van der Waals surface area contributed by atoms with E-state index in [1.165, 1.54) is 0 Å². The fourth-order valence-corrected chi connectivity index (χ4v) is 3.44. The predicted molar refractivity (Wildman–Crippen MR) is 65.6 cm³/mol. The third-order valence-electron chi connectivity index (χ3n) is 4.84. The molecule has 16 heavy (non-hydrogen) atoms. The Morgan fingerprint density at radius 2 is 1.94 bits per heavy atom. The standard InChI is InChI=1S/C12H20N2O.ClH/c1-12(2)9-6-14(7-10(9)12)11(15)8-3-4-13-5-8;/h8-10,13H,3-7H2,1-2H3;1H/t8-,9?,10?;/m1./s1. The zero-order valence-electron chi connectivity index (χ0n) is 10.0. The van der Waals surface area contributed by atoms with Crippen molar-refractivity contribution in [2.24, 2.45) is 23.2 Å². The molecule has 1 saturated carbocycles. The van der Waals surface area contributed by atoms with E-state index < -0.39 is 0 Å². The topological polar surface area (TPSA) is 32.3 Å². The monoisotopic (exact) mass is 244 g/mol. The molecule has 0 aromatic rings. The van der Waals surface area contributed by atoms with Gasteiger partial charge in [-0.1, -0.05) is 13.8 Å². The lowest BCUT2D eigenvalue weighted by Gasteiger charge is -2.24. The quantitative estimate of drug-likeness (QED) is 0.750. The normalized spacial score (nSPS) is 39.1. The first-order chi connectivity index (χ1) is 7.10. The maximum atomic E-state index is 12.1. The smallest absolute Gasteiger partial charge is 0.227 e. The number of nitrogens with one attached hydrogen (secondary N) is 1. The van der Waals surface area contributed by atoms with Gasteiger partial charge in [-0.25, -0.2) is 0 Å². The van der Waals surface area contributed by atoms with Crippen LogP contribution in [0.1, 0.15) is 20.3 Å². The van der Waals surface area contributed by atoms with Gasteiger partial charge in [0.2, 0.25) is 5.91 Å². The van der Waals surface area contributed by atoms with Gasteiger partial charge in [0, 0.05) is 19.6 Å². The molecule has 0 aromatic carbocycles. The number of fused-ring (bicyclic) bond motifs is 1. The Morgan fingerprint density at radius 1 is 1.31 bits per heavy atom. The number of likely N-dealkylation sites (tertiary alicyclic amines) is 1. The average Bonchev–Trinajstić information content (AvgIpc) is 2.79. The fourth-order valence-electron chi connectivity index (χ4n) is 3.44. The highest BCUT2D eigenvalue weighted by atomic mass is 35.5. The summed E-state index contributed by atoms with van der Waals surface area (Å²) in [5, 5.41) is 3.27. The predicted octanol–water partition coefficient (Wildman–Crippen LogP) is 1.13.